The van der Waals surface area contributed by atoms with Gasteiger partial charge in [0.1, 0.15) is 11.6 Å². The maximum absolute atomic E-state index is 11.3. The molecule has 0 aliphatic rings. The third kappa shape index (κ3) is 6.07. The molecule has 2 heterocycles. The number of benzene rings is 6. The van der Waals surface area contributed by atoms with Crippen LogP contribution in [0.3, 0.4) is 0 Å². The lowest BCUT2D eigenvalue weighted by Crippen LogP contribution is -2.11. The number of hydrogen-bond donors (Lipinski definition) is 1. The number of aryl methyl sites for hydroxylation is 1. The van der Waals surface area contributed by atoms with Gasteiger partial charge in [0.05, 0.1) is 33.3 Å². The van der Waals surface area contributed by atoms with E-state index in [9.17, 15) is 6.48 Å². The summed E-state index contributed by atoms with van der Waals surface area (Å²) in [4.78, 5) is 9.71. The molecule has 0 atom stereocenters. The number of para-hydroxylation sites is 2. The van der Waals surface area contributed by atoms with E-state index in [1.54, 1.807) is 12.1 Å². The fraction of sp³-hybridized carbons (Fsp3) is 0.125. The number of aromatic nitrogens is 3. The summed E-state index contributed by atoms with van der Waals surface area (Å²) < 4.78 is 70.9. The fourth-order valence-electron chi connectivity index (χ4n) is 6.63. The highest BCUT2D eigenvalue weighted by Crippen LogP contribution is 2.41. The molecule has 0 bridgehead atoms. The number of imidazole rings is 1. The topological polar surface area (TPSA) is 50.9 Å². The van der Waals surface area contributed by atoms with Gasteiger partial charge in [-0.2, -0.15) is 0 Å². The van der Waals surface area contributed by atoms with Gasteiger partial charge in [-0.3, -0.25) is 9.55 Å². The molecule has 254 valence electrons. The van der Waals surface area contributed by atoms with E-state index in [1.807, 2.05) is 60.7 Å². The van der Waals surface area contributed by atoms with Crippen LogP contribution < -0.4 is 0 Å². The highest BCUT2D eigenvalue weighted by Gasteiger charge is 2.23. The Balaban J connectivity index is 1.41. The van der Waals surface area contributed by atoms with E-state index in [4.69, 9.17) is 14.6 Å². The van der Waals surface area contributed by atoms with Crippen molar-refractivity contribution in [1.82, 2.24) is 14.5 Å². The molecule has 52 heavy (non-hydrogen) atoms. The van der Waals surface area contributed by atoms with E-state index in [1.165, 1.54) is 0 Å². The summed E-state index contributed by atoms with van der Waals surface area (Å²) in [5.74, 6) is 0.612. The van der Waals surface area contributed by atoms with E-state index in [0.29, 0.717) is 22.5 Å². The minimum absolute atomic E-state index is 0.0290. The third-order valence-electron chi connectivity index (χ3n) is 9.55. The average molecular weight is 684 g/mol. The van der Waals surface area contributed by atoms with Crippen molar-refractivity contribution in [3.8, 4) is 67.5 Å². The molecule has 1 N–H and O–H groups in total. The van der Waals surface area contributed by atoms with Gasteiger partial charge in [-0.05, 0) is 118 Å². The van der Waals surface area contributed by atoms with Gasteiger partial charge < -0.3 is 5.11 Å². The molecular formula is C48H41N3O. The second-order valence-electron chi connectivity index (χ2n) is 14.0. The minimum Gasteiger partial charge on any atom is -0.507 e. The van der Waals surface area contributed by atoms with E-state index < -0.39 is 47.8 Å². The van der Waals surface area contributed by atoms with Gasteiger partial charge in [0.15, 0.2) is 0 Å². The zero-order chi connectivity index (χ0) is 42.9. The molecular weight excluding hydrogens is 635 g/mol. The summed E-state index contributed by atoms with van der Waals surface area (Å²) in [5.41, 5.74) is 9.06. The summed E-state index contributed by atoms with van der Waals surface area (Å²) in [6.45, 7) is 10.4. The lowest BCUT2D eigenvalue weighted by molar-refractivity contribution is 0.477. The summed E-state index contributed by atoms with van der Waals surface area (Å²) >= 11 is 0. The minimum atomic E-state index is -0.598. The smallest absolute Gasteiger partial charge is 0.149 e. The molecule has 0 saturated carbocycles. The monoisotopic (exact) mass is 683 g/mol. The molecule has 8 aromatic rings. The number of nitrogens with zero attached hydrogens (tertiary/aromatic N) is 3. The first-order valence-electron chi connectivity index (χ1n) is 21.2. The molecule has 4 heteroatoms. The molecule has 0 aliphatic carbocycles. The SMILES string of the molecule is [2H]c1nc(-c2cc(-c3cccc4c3nc(-c3ccccc3O)n4-c3cc(C)c(C)c(-c4ccccc4)c3)cc(C(C)(C)C)c2)c([2H])c(-c2c([2H])c([2H])c([2H])c([2H])c2[2H])c1[2H]. The maximum atomic E-state index is 11.3. The van der Waals surface area contributed by atoms with Crippen LogP contribution in [0.2, 0.25) is 0 Å². The lowest BCUT2D eigenvalue weighted by atomic mass is 9.83. The second-order valence-corrected chi connectivity index (χ2v) is 14.0. The second kappa shape index (κ2) is 13.1. The van der Waals surface area contributed by atoms with Gasteiger partial charge in [0, 0.05) is 23.0 Å². The predicted octanol–water partition coefficient (Wildman–Crippen LogP) is 12.4. The molecule has 0 amide bonds. The van der Waals surface area contributed by atoms with Crippen LogP contribution in [-0.2, 0) is 5.41 Å². The van der Waals surface area contributed by atoms with Crippen molar-refractivity contribution in [1.29, 1.82) is 0 Å². The van der Waals surface area contributed by atoms with Crippen LogP contribution in [-0.4, -0.2) is 19.6 Å². The van der Waals surface area contributed by atoms with Crippen molar-refractivity contribution in [2.45, 2.75) is 40.0 Å². The number of hydrogen-bond acceptors (Lipinski definition) is 3. The van der Waals surface area contributed by atoms with Crippen LogP contribution in [0.1, 0.15) is 48.4 Å². The van der Waals surface area contributed by atoms with Crippen LogP contribution in [0.15, 0.2) is 152 Å². The molecule has 4 nitrogen and oxygen atoms in total. The number of rotatable bonds is 6. The first-order valence-corrected chi connectivity index (χ1v) is 17.2. The summed E-state index contributed by atoms with van der Waals surface area (Å²) in [6, 6.07) is 29.5. The number of aromatic hydroxyl groups is 1. The molecule has 0 radical (unpaired) electrons. The molecule has 0 fully saturated rings. The molecule has 0 spiro atoms. The van der Waals surface area contributed by atoms with Crippen molar-refractivity contribution in [2.24, 2.45) is 0 Å². The quantitative estimate of drug-likeness (QED) is 0.190. The zero-order valence-corrected chi connectivity index (χ0v) is 29.6. The van der Waals surface area contributed by atoms with Crippen molar-refractivity contribution in [3.63, 3.8) is 0 Å². The summed E-state index contributed by atoms with van der Waals surface area (Å²) in [5, 5.41) is 11.3. The van der Waals surface area contributed by atoms with Crippen LogP contribution in [0.25, 0.3) is 72.7 Å². The number of pyridine rings is 1. The van der Waals surface area contributed by atoms with E-state index in [0.717, 1.165) is 50.1 Å². The van der Waals surface area contributed by atoms with E-state index in [-0.39, 0.29) is 28.6 Å². The first kappa shape index (κ1) is 24.8. The van der Waals surface area contributed by atoms with Gasteiger partial charge in [0.25, 0.3) is 0 Å². The van der Waals surface area contributed by atoms with Crippen LogP contribution in [0.5, 0.6) is 5.75 Å². The largest absolute Gasteiger partial charge is 0.507 e. The fourth-order valence-corrected chi connectivity index (χ4v) is 6.63. The number of fused-ring (bicyclic) bond motifs is 1. The Morgan fingerprint density at radius 2 is 1.38 bits per heavy atom. The zero-order valence-electron chi connectivity index (χ0n) is 37.6. The number of phenolic OH excluding ortho intramolecular Hbond substituents is 1. The summed E-state index contributed by atoms with van der Waals surface area (Å²) in [7, 11) is 0. The molecule has 6 aromatic carbocycles. The Morgan fingerprint density at radius 1 is 0.654 bits per heavy atom. The molecule has 0 saturated heterocycles. The van der Waals surface area contributed by atoms with Crippen LogP contribution in [0, 0.1) is 13.8 Å². The Kier molecular flexibility index (Phi) is 6.27. The van der Waals surface area contributed by atoms with Gasteiger partial charge in [-0.25, -0.2) is 4.98 Å². The standard InChI is InChI=1S/C48H41N3O/c1-31-25-39(30-42(32(31)2)34-17-10-7-11-18-34)51-44-21-14-20-40(46(44)50-47(51)41-19-12-13-22-45(41)52)36-26-37(28-38(27-36)48(3,4)5)43-29-35(23-24-49-43)33-15-8-6-9-16-33/h6-30,52H,1-5H3/i6D,8D,9D,15D,16D,23D,24D,29D. The maximum Gasteiger partial charge on any atom is 0.149 e. The molecule has 0 aliphatic heterocycles. The van der Waals surface area contributed by atoms with Crippen LogP contribution >= 0.6 is 0 Å². The third-order valence-corrected chi connectivity index (χ3v) is 9.55. The highest BCUT2D eigenvalue weighted by atomic mass is 16.3. The van der Waals surface area contributed by atoms with Crippen molar-refractivity contribution < 1.29 is 16.1 Å². The van der Waals surface area contributed by atoms with Crippen molar-refractivity contribution in [3.05, 3.63) is 168 Å². The number of phenols is 1. The van der Waals surface area contributed by atoms with Gasteiger partial charge in [-0.1, -0.05) is 112 Å². The van der Waals surface area contributed by atoms with Gasteiger partial charge >= 0.3 is 0 Å². The van der Waals surface area contributed by atoms with E-state index in [2.05, 4.69) is 74.5 Å². The Hall–Kier alpha value is -6.26. The van der Waals surface area contributed by atoms with Crippen molar-refractivity contribution in [2.75, 3.05) is 0 Å². The lowest BCUT2D eigenvalue weighted by Gasteiger charge is -2.22. The van der Waals surface area contributed by atoms with Crippen LogP contribution in [0.4, 0.5) is 0 Å². The first-order chi connectivity index (χ1) is 28.5. The molecule has 2 aromatic heterocycles. The Morgan fingerprint density at radius 3 is 2.15 bits per heavy atom. The Bertz CT molecular complexity index is 3020. The van der Waals surface area contributed by atoms with Gasteiger partial charge in [-0.15, -0.1) is 0 Å². The Labute approximate surface area is 317 Å². The average Bonchev–Trinajstić information content (AvgIpc) is 3.62. The van der Waals surface area contributed by atoms with Gasteiger partial charge in [0.2, 0.25) is 0 Å². The molecule has 8 rings (SSSR count). The predicted molar refractivity (Wildman–Crippen MR) is 216 cm³/mol. The van der Waals surface area contributed by atoms with Crippen molar-refractivity contribution >= 4 is 11.0 Å². The highest BCUT2D eigenvalue weighted by molar-refractivity contribution is 5.97. The normalized spacial score (nSPS) is 13.8. The summed E-state index contributed by atoms with van der Waals surface area (Å²) in [6.07, 6.45) is -0.498. The van der Waals surface area contributed by atoms with E-state index >= 15 is 0 Å². The molecule has 0 unspecified atom stereocenters.